The second kappa shape index (κ2) is 9.53. The van der Waals surface area contributed by atoms with E-state index in [0.717, 1.165) is 35.1 Å². The highest BCUT2D eigenvalue weighted by Crippen LogP contribution is 2.68. The number of ketones is 3. The minimum absolute atomic E-state index is 0.00151. The molecule has 0 spiro atoms. The summed E-state index contributed by atoms with van der Waals surface area (Å²) in [6.07, 6.45) is 8.21. The Hall–Kier alpha value is -3.46. The Bertz CT molecular complexity index is 1550. The average Bonchev–Trinajstić information content (AvgIpc) is 3.48. The van der Waals surface area contributed by atoms with E-state index < -0.39 is 41.2 Å². The number of anilines is 1. The number of nitrogens with two attached hydrogens (primary N) is 1. The van der Waals surface area contributed by atoms with Gasteiger partial charge in [-0.1, -0.05) is 55.8 Å². The van der Waals surface area contributed by atoms with Crippen molar-refractivity contribution < 1.29 is 29.0 Å². The van der Waals surface area contributed by atoms with Crippen LogP contribution in [-0.4, -0.2) is 45.8 Å². The van der Waals surface area contributed by atoms with Gasteiger partial charge in [-0.05, 0) is 60.4 Å². The highest BCUT2D eigenvalue weighted by atomic mass is 16.7. The van der Waals surface area contributed by atoms with Crippen molar-refractivity contribution >= 4 is 23.2 Å². The number of carbonyl (C=O) groups is 3. The van der Waals surface area contributed by atoms with Crippen molar-refractivity contribution in [3.05, 3.63) is 83.1 Å². The molecule has 5 aliphatic rings. The van der Waals surface area contributed by atoms with Crippen molar-refractivity contribution in [1.82, 2.24) is 4.98 Å². The van der Waals surface area contributed by atoms with Gasteiger partial charge in [-0.15, -0.1) is 0 Å². The fraction of sp³-hybridized carbons (Fsp3) is 0.471. The number of hydrogen-bond acceptors (Lipinski definition) is 8. The minimum Gasteiger partial charge on any atom is -0.388 e. The van der Waals surface area contributed by atoms with Gasteiger partial charge in [0.2, 0.25) is 0 Å². The summed E-state index contributed by atoms with van der Waals surface area (Å²) in [6.45, 7) is 3.47. The summed E-state index contributed by atoms with van der Waals surface area (Å²) in [4.78, 5) is 43.8. The van der Waals surface area contributed by atoms with Gasteiger partial charge in [0.1, 0.15) is 24.3 Å². The first-order valence-electron chi connectivity index (χ1n) is 14.8. The molecule has 1 saturated heterocycles. The molecule has 1 aromatic heterocycles. The summed E-state index contributed by atoms with van der Waals surface area (Å²) in [5, 5.41) is 10.1. The third kappa shape index (κ3) is 3.85. The topological polar surface area (TPSA) is 129 Å². The maximum Gasteiger partial charge on any atom is 0.192 e. The van der Waals surface area contributed by atoms with Crippen molar-refractivity contribution in [1.29, 1.82) is 0 Å². The quantitative estimate of drug-likeness (QED) is 0.553. The number of fused-ring (bicyclic) bond motifs is 7. The van der Waals surface area contributed by atoms with Gasteiger partial charge in [-0.3, -0.25) is 14.4 Å². The monoisotopic (exact) mass is 568 g/mol. The first kappa shape index (κ1) is 27.4. The van der Waals surface area contributed by atoms with Gasteiger partial charge in [-0.25, -0.2) is 4.98 Å². The van der Waals surface area contributed by atoms with Crippen LogP contribution in [0.5, 0.6) is 0 Å². The molecular weight excluding hydrogens is 532 g/mol. The summed E-state index contributed by atoms with van der Waals surface area (Å²) in [5.41, 5.74) is 7.35. The molecule has 1 aliphatic heterocycles. The molecule has 7 rings (SSSR count). The molecule has 8 nitrogen and oxygen atoms in total. The van der Waals surface area contributed by atoms with E-state index in [1.54, 1.807) is 18.3 Å². The number of allylic oxidation sites excluding steroid dienone is 4. The van der Waals surface area contributed by atoms with E-state index in [-0.39, 0.29) is 35.7 Å². The second-order valence-electron chi connectivity index (χ2n) is 13.2. The molecule has 2 aromatic rings. The Morgan fingerprint density at radius 1 is 1.17 bits per heavy atom. The average molecular weight is 569 g/mol. The molecule has 0 radical (unpaired) electrons. The molecule has 1 aromatic carbocycles. The number of rotatable bonds is 5. The van der Waals surface area contributed by atoms with Crippen LogP contribution in [0.4, 0.5) is 5.82 Å². The largest absolute Gasteiger partial charge is 0.388 e. The maximum absolute atomic E-state index is 14.0. The van der Waals surface area contributed by atoms with Crippen LogP contribution in [-0.2, 0) is 30.3 Å². The molecule has 2 heterocycles. The lowest BCUT2D eigenvalue weighted by molar-refractivity contribution is -0.160. The van der Waals surface area contributed by atoms with E-state index in [1.165, 1.54) is 0 Å². The molecule has 0 bridgehead atoms. The van der Waals surface area contributed by atoms with Crippen molar-refractivity contribution in [2.45, 2.75) is 63.9 Å². The van der Waals surface area contributed by atoms with Crippen molar-refractivity contribution in [2.75, 3.05) is 12.3 Å². The number of hydrogen-bond donors (Lipinski definition) is 2. The second-order valence-corrected chi connectivity index (χ2v) is 13.2. The zero-order valence-electron chi connectivity index (χ0n) is 23.9. The third-order valence-electron chi connectivity index (χ3n) is 11.0. The normalized spacial score (nSPS) is 38.4. The predicted octanol–water partition coefficient (Wildman–Crippen LogP) is 4.07. The summed E-state index contributed by atoms with van der Waals surface area (Å²) in [7, 11) is 0. The number of aromatic nitrogens is 1. The number of aliphatic hydroxyl groups excluding tert-OH is 1. The number of Topliss-reactive ketones (excluding diaryl/α,β-unsaturated/α-hetero) is 2. The molecule has 3 N–H and O–H groups in total. The molecule has 0 unspecified atom stereocenters. The Labute approximate surface area is 245 Å². The van der Waals surface area contributed by atoms with Crippen LogP contribution >= 0.6 is 0 Å². The van der Waals surface area contributed by atoms with Crippen LogP contribution < -0.4 is 5.73 Å². The summed E-state index contributed by atoms with van der Waals surface area (Å²) < 4.78 is 13.2. The van der Waals surface area contributed by atoms with E-state index in [4.69, 9.17) is 15.2 Å². The molecule has 3 saturated carbocycles. The lowest BCUT2D eigenvalue weighted by Gasteiger charge is -2.55. The van der Waals surface area contributed by atoms with Crippen LogP contribution in [0.1, 0.15) is 62.5 Å². The van der Waals surface area contributed by atoms with Crippen LogP contribution in [0.15, 0.2) is 66.4 Å². The summed E-state index contributed by atoms with van der Waals surface area (Å²) >= 11 is 0. The minimum atomic E-state index is -1.33. The van der Waals surface area contributed by atoms with Gasteiger partial charge < -0.3 is 20.3 Å². The molecule has 4 aliphatic carbocycles. The fourth-order valence-electron chi connectivity index (χ4n) is 9.00. The maximum atomic E-state index is 14.0. The molecule has 218 valence electrons. The highest BCUT2D eigenvalue weighted by Gasteiger charge is 2.73. The highest BCUT2D eigenvalue weighted by molar-refractivity contribution is 6.02. The SMILES string of the molecule is C[C@]12CC(=O)[C@H]3[C@@H](CCC4=CC(=O)C=C[C@@]43C)[C@@H]1C[C@@]1(C(=O)CO)O[C@@H](c3ccc(Cc4cccnc4N)cc3)O[C@@H]21. The number of pyridine rings is 1. The molecule has 8 atom stereocenters. The van der Waals surface area contributed by atoms with Crippen molar-refractivity contribution in [3.63, 3.8) is 0 Å². The number of benzene rings is 1. The summed E-state index contributed by atoms with van der Waals surface area (Å²) in [5.74, 6) is -0.0292. The van der Waals surface area contributed by atoms with Crippen molar-refractivity contribution in [3.8, 4) is 0 Å². The lowest BCUT2D eigenvalue weighted by atomic mass is 9.48. The van der Waals surface area contributed by atoms with Gasteiger partial charge >= 0.3 is 0 Å². The smallest absolute Gasteiger partial charge is 0.192 e. The standard InChI is InChI=1S/C34H36N2O6/c1-32-12-11-23(38)15-22(32)9-10-24-25-16-34(27(40)18-37)31(33(25,2)17-26(39)28(24)32)41-30(42-34)20-7-5-19(6-8-20)14-21-4-3-13-36-29(21)35/h3-8,11-13,15,24-25,28,30-31,37H,9-10,14,16-18H2,1-2H3,(H2,35,36)/t24-,25-,28+,30-,31-,32-,33-,34-/m0/s1. The Morgan fingerprint density at radius 2 is 1.95 bits per heavy atom. The van der Waals surface area contributed by atoms with Gasteiger partial charge in [0, 0.05) is 41.3 Å². The number of carbonyl (C=O) groups excluding carboxylic acids is 3. The number of aliphatic hydroxyl groups is 1. The Kier molecular flexibility index (Phi) is 6.21. The van der Waals surface area contributed by atoms with Gasteiger partial charge in [0.05, 0.1) is 0 Å². The van der Waals surface area contributed by atoms with Crippen LogP contribution in [0.25, 0.3) is 0 Å². The van der Waals surface area contributed by atoms with Crippen LogP contribution in [0, 0.1) is 28.6 Å². The van der Waals surface area contributed by atoms with E-state index >= 15 is 0 Å². The zero-order chi connectivity index (χ0) is 29.4. The Balaban J connectivity index is 1.18. The van der Waals surface area contributed by atoms with Crippen LogP contribution in [0.2, 0.25) is 0 Å². The number of nitrogens with zero attached hydrogens (tertiary/aromatic N) is 1. The summed E-state index contributed by atoms with van der Waals surface area (Å²) in [6, 6.07) is 11.6. The van der Waals surface area contributed by atoms with Crippen molar-refractivity contribution in [2.24, 2.45) is 28.6 Å². The van der Waals surface area contributed by atoms with Crippen LogP contribution in [0.3, 0.4) is 0 Å². The molecule has 42 heavy (non-hydrogen) atoms. The number of ether oxygens (including phenoxy) is 2. The van der Waals surface area contributed by atoms with E-state index in [2.05, 4.69) is 18.8 Å². The van der Waals surface area contributed by atoms with Gasteiger partial charge in [0.25, 0.3) is 0 Å². The van der Waals surface area contributed by atoms with E-state index in [1.807, 2.05) is 42.5 Å². The lowest BCUT2D eigenvalue weighted by Crippen LogP contribution is -2.56. The van der Waals surface area contributed by atoms with E-state index in [0.29, 0.717) is 18.7 Å². The zero-order valence-corrected chi connectivity index (χ0v) is 23.9. The number of nitrogen functional groups attached to an aromatic ring is 1. The molecule has 0 amide bonds. The molecule has 4 fully saturated rings. The first-order chi connectivity index (χ1) is 20.1. The molecular formula is C34H36N2O6. The van der Waals surface area contributed by atoms with E-state index in [9.17, 15) is 19.5 Å². The van der Waals surface area contributed by atoms with Gasteiger partial charge in [-0.2, -0.15) is 0 Å². The Morgan fingerprint density at radius 3 is 2.69 bits per heavy atom. The predicted molar refractivity (Wildman–Crippen MR) is 154 cm³/mol. The first-order valence-corrected chi connectivity index (χ1v) is 14.8. The third-order valence-corrected chi connectivity index (χ3v) is 11.0. The van der Waals surface area contributed by atoms with Gasteiger partial charge in [0.15, 0.2) is 23.5 Å². The molecule has 8 heteroatoms. The fourth-order valence-corrected chi connectivity index (χ4v) is 9.00.